The number of hydrogen-bond acceptors (Lipinski definition) is 8. The van der Waals surface area contributed by atoms with Crippen molar-refractivity contribution in [3.63, 3.8) is 0 Å². The van der Waals surface area contributed by atoms with Crippen LogP contribution in [0.3, 0.4) is 0 Å². The van der Waals surface area contributed by atoms with E-state index < -0.39 is 11.7 Å². The van der Waals surface area contributed by atoms with Crippen LogP contribution in [-0.4, -0.2) is 89.4 Å². The van der Waals surface area contributed by atoms with Crippen LogP contribution in [0.25, 0.3) is 10.9 Å². The summed E-state index contributed by atoms with van der Waals surface area (Å²) >= 11 is 0. The van der Waals surface area contributed by atoms with Crippen LogP contribution in [0.5, 0.6) is 5.88 Å². The number of likely N-dealkylation sites (tertiary alicyclic amines) is 1. The predicted octanol–water partition coefficient (Wildman–Crippen LogP) is 3.69. The Balaban J connectivity index is 1.38. The molecule has 11 heteroatoms. The first-order valence-corrected chi connectivity index (χ1v) is 14.6. The molecule has 5 heterocycles. The van der Waals surface area contributed by atoms with Crippen molar-refractivity contribution in [3.8, 4) is 11.9 Å². The molecule has 0 radical (unpaired) electrons. The number of halogens is 1. The number of benzene rings is 1. The number of carbonyl (C=O) groups is 1. The minimum absolute atomic E-state index is 0.257. The Morgan fingerprint density at radius 2 is 2.07 bits per heavy atom. The van der Waals surface area contributed by atoms with Crippen LogP contribution >= 0.6 is 0 Å². The first kappa shape index (κ1) is 28.0. The van der Waals surface area contributed by atoms with Crippen molar-refractivity contribution in [1.82, 2.24) is 25.0 Å². The quantitative estimate of drug-likeness (QED) is 0.446. The molecule has 42 heavy (non-hydrogen) atoms. The van der Waals surface area contributed by atoms with Gasteiger partial charge in [0.1, 0.15) is 18.2 Å². The van der Waals surface area contributed by atoms with Gasteiger partial charge in [0.25, 0.3) is 5.91 Å². The van der Waals surface area contributed by atoms with Crippen LogP contribution in [0.1, 0.15) is 42.1 Å². The third kappa shape index (κ3) is 4.94. The molecule has 0 bridgehead atoms. The molecule has 2 saturated heterocycles. The van der Waals surface area contributed by atoms with E-state index in [1.807, 2.05) is 19.2 Å². The third-order valence-electron chi connectivity index (χ3n) is 9.04. The average Bonchev–Trinajstić information content (AvgIpc) is 3.62. The Hall–Kier alpha value is -4.17. The number of ether oxygens (including phenoxy) is 1. The zero-order valence-electron chi connectivity index (χ0n) is 24.5. The van der Waals surface area contributed by atoms with Crippen molar-refractivity contribution >= 4 is 28.2 Å². The van der Waals surface area contributed by atoms with E-state index in [-0.39, 0.29) is 12.1 Å². The highest BCUT2D eigenvalue weighted by Gasteiger charge is 2.35. The molecule has 1 amide bonds. The third-order valence-corrected chi connectivity index (χ3v) is 9.04. The molecule has 2 atom stereocenters. The van der Waals surface area contributed by atoms with Gasteiger partial charge < -0.3 is 24.3 Å². The summed E-state index contributed by atoms with van der Waals surface area (Å²) in [4.78, 5) is 25.7. The molecule has 2 aromatic heterocycles. The number of amides is 1. The maximum absolute atomic E-state index is 13.7. The summed E-state index contributed by atoms with van der Waals surface area (Å²) in [5.74, 6) is -1.27. The summed E-state index contributed by atoms with van der Waals surface area (Å²) in [7, 11) is 2.10. The van der Waals surface area contributed by atoms with Gasteiger partial charge in [0.2, 0.25) is 5.88 Å². The summed E-state index contributed by atoms with van der Waals surface area (Å²) in [6.45, 7) is 11.3. The number of rotatable bonds is 6. The molecule has 3 aliphatic rings. The Kier molecular flexibility index (Phi) is 7.49. The fourth-order valence-electron chi connectivity index (χ4n) is 6.79. The number of pyridine rings is 1. The standard InChI is InChI=1S/C31H37FN8O2/c1-19-7-8-26-25(15-34-36-26)28(19)38-11-9-23-27(17-38)35-30(42-18-22-6-5-10-37(22)4)24(14-33)29(23)39-12-13-40(20(2)16-39)31(41)21(3)32/h7-8,15,20,22H,3,5-6,9-13,16-18H2,1-2,4H3,(H,34,36)/t20-,22+/m1/s1. The first-order chi connectivity index (χ1) is 20.3. The summed E-state index contributed by atoms with van der Waals surface area (Å²) in [5, 5.41) is 18.9. The molecular weight excluding hydrogens is 535 g/mol. The minimum atomic E-state index is -0.954. The zero-order chi connectivity index (χ0) is 29.5. The molecule has 6 rings (SSSR count). The summed E-state index contributed by atoms with van der Waals surface area (Å²) in [5.41, 5.74) is 6.44. The molecule has 0 aliphatic carbocycles. The van der Waals surface area contributed by atoms with Gasteiger partial charge in [-0.1, -0.05) is 12.6 Å². The topological polar surface area (TPSA) is 105 Å². The fourth-order valence-corrected chi connectivity index (χ4v) is 6.79. The average molecular weight is 573 g/mol. The van der Waals surface area contributed by atoms with Crippen LogP contribution in [0.4, 0.5) is 15.8 Å². The van der Waals surface area contributed by atoms with Crippen molar-refractivity contribution in [1.29, 1.82) is 5.26 Å². The smallest absolute Gasteiger partial charge is 0.282 e. The monoisotopic (exact) mass is 572 g/mol. The minimum Gasteiger partial charge on any atom is -0.475 e. The number of carbonyl (C=O) groups excluding carboxylic acids is 1. The van der Waals surface area contributed by atoms with Crippen LogP contribution in [-0.2, 0) is 17.8 Å². The predicted molar refractivity (Wildman–Crippen MR) is 159 cm³/mol. The Labute approximate surface area is 245 Å². The van der Waals surface area contributed by atoms with E-state index in [0.717, 1.165) is 65.0 Å². The maximum Gasteiger partial charge on any atom is 0.282 e. The number of nitrogens with zero attached hydrogens (tertiary/aromatic N) is 7. The van der Waals surface area contributed by atoms with Gasteiger partial charge in [-0.15, -0.1) is 0 Å². The van der Waals surface area contributed by atoms with E-state index >= 15 is 0 Å². The number of aromatic amines is 1. The van der Waals surface area contributed by atoms with Crippen molar-refractivity contribution in [2.45, 2.75) is 51.7 Å². The zero-order valence-corrected chi connectivity index (χ0v) is 24.5. The summed E-state index contributed by atoms with van der Waals surface area (Å²) in [6, 6.07) is 6.58. The van der Waals surface area contributed by atoms with E-state index in [9.17, 15) is 14.4 Å². The van der Waals surface area contributed by atoms with Crippen molar-refractivity contribution in [2.24, 2.45) is 0 Å². The number of aryl methyl sites for hydroxylation is 1. The van der Waals surface area contributed by atoms with Gasteiger partial charge in [-0.3, -0.25) is 9.89 Å². The lowest BCUT2D eigenvalue weighted by Gasteiger charge is -2.42. The summed E-state index contributed by atoms with van der Waals surface area (Å²) in [6.07, 6.45) is 4.73. The number of hydrogen-bond donors (Lipinski definition) is 1. The van der Waals surface area contributed by atoms with Gasteiger partial charge >= 0.3 is 0 Å². The lowest BCUT2D eigenvalue weighted by molar-refractivity contribution is -0.131. The highest BCUT2D eigenvalue weighted by Crippen LogP contribution is 2.40. The summed E-state index contributed by atoms with van der Waals surface area (Å²) < 4.78 is 20.1. The fraction of sp³-hybridized carbons (Fsp3) is 0.484. The highest BCUT2D eigenvalue weighted by atomic mass is 19.1. The Morgan fingerprint density at radius 3 is 2.79 bits per heavy atom. The van der Waals surface area contributed by atoms with Crippen LogP contribution < -0.4 is 14.5 Å². The second-order valence-corrected chi connectivity index (χ2v) is 11.7. The largest absolute Gasteiger partial charge is 0.475 e. The molecule has 2 fully saturated rings. The van der Waals surface area contributed by atoms with Crippen LogP contribution in [0, 0.1) is 18.3 Å². The number of likely N-dealkylation sites (N-methyl/N-ethyl adjacent to an activating group) is 1. The SMILES string of the molecule is C=C(F)C(=O)N1CCN(c2c(C#N)c(OC[C@@H]3CCCN3C)nc3c2CCN(c2c(C)ccc4[nH]ncc24)C3)C[C@H]1C. The van der Waals surface area contributed by atoms with E-state index in [1.165, 1.54) is 4.90 Å². The second kappa shape index (κ2) is 11.2. The number of nitrogens with one attached hydrogen (secondary N) is 1. The number of aromatic nitrogens is 3. The normalized spacial score (nSPS) is 21.0. The lowest BCUT2D eigenvalue weighted by Crippen LogP contribution is -2.54. The van der Waals surface area contributed by atoms with E-state index in [2.05, 4.69) is 57.6 Å². The molecular formula is C31H37FN8O2. The van der Waals surface area contributed by atoms with Crippen LogP contribution in [0.2, 0.25) is 0 Å². The van der Waals surface area contributed by atoms with Crippen molar-refractivity contribution < 1.29 is 13.9 Å². The first-order valence-electron chi connectivity index (χ1n) is 14.6. The molecule has 0 saturated carbocycles. The number of anilines is 2. The second-order valence-electron chi connectivity index (χ2n) is 11.7. The Bertz CT molecular complexity index is 1580. The van der Waals surface area contributed by atoms with E-state index in [0.29, 0.717) is 50.7 Å². The number of nitriles is 1. The van der Waals surface area contributed by atoms with Gasteiger partial charge in [-0.05, 0) is 58.3 Å². The molecule has 0 unspecified atom stereocenters. The molecule has 220 valence electrons. The molecule has 1 N–H and O–H groups in total. The molecule has 3 aromatic rings. The highest BCUT2D eigenvalue weighted by molar-refractivity contribution is 5.93. The maximum atomic E-state index is 13.7. The number of H-pyrrole nitrogens is 1. The van der Waals surface area contributed by atoms with Gasteiger partial charge in [0, 0.05) is 49.2 Å². The lowest BCUT2D eigenvalue weighted by atomic mass is 9.96. The number of piperazine rings is 1. The molecule has 0 spiro atoms. The van der Waals surface area contributed by atoms with Gasteiger partial charge in [0.15, 0.2) is 5.83 Å². The van der Waals surface area contributed by atoms with E-state index in [4.69, 9.17) is 9.72 Å². The van der Waals surface area contributed by atoms with Crippen molar-refractivity contribution in [2.75, 3.05) is 56.2 Å². The molecule has 3 aliphatic heterocycles. The molecule has 1 aromatic carbocycles. The van der Waals surface area contributed by atoms with Gasteiger partial charge in [-0.2, -0.15) is 10.4 Å². The molecule has 10 nitrogen and oxygen atoms in total. The van der Waals surface area contributed by atoms with Crippen LogP contribution in [0.15, 0.2) is 30.7 Å². The van der Waals surface area contributed by atoms with Gasteiger partial charge in [-0.25, -0.2) is 9.37 Å². The van der Waals surface area contributed by atoms with E-state index in [1.54, 1.807) is 0 Å². The van der Waals surface area contributed by atoms with Crippen molar-refractivity contribution in [3.05, 3.63) is 53.1 Å². The van der Waals surface area contributed by atoms with Gasteiger partial charge in [0.05, 0.1) is 35.3 Å². The number of fused-ring (bicyclic) bond motifs is 2. The Morgan fingerprint density at radius 1 is 1.24 bits per heavy atom.